The molecule has 0 aliphatic carbocycles. The highest BCUT2D eigenvalue weighted by atomic mass is 35.5. The smallest absolute Gasteiger partial charge is 0.368 e. The van der Waals surface area contributed by atoms with Gasteiger partial charge < -0.3 is 5.73 Å². The van der Waals surface area contributed by atoms with Crippen molar-refractivity contribution in [3.63, 3.8) is 0 Å². The molecule has 5 nitrogen and oxygen atoms in total. The lowest BCUT2D eigenvalue weighted by atomic mass is 10.2. The van der Waals surface area contributed by atoms with Crippen LogP contribution in [-0.2, 0) is 21.0 Å². The second-order valence-electron chi connectivity index (χ2n) is 4.95. The fourth-order valence-electron chi connectivity index (χ4n) is 2.06. The summed E-state index contributed by atoms with van der Waals surface area (Å²) in [6, 6.07) is 9.51. The second kappa shape index (κ2) is 6.93. The van der Waals surface area contributed by atoms with Crippen LogP contribution in [0, 0.1) is 0 Å². The van der Waals surface area contributed by atoms with Gasteiger partial charge in [0.15, 0.2) is 0 Å². The van der Waals surface area contributed by atoms with E-state index in [9.17, 15) is 26.4 Å². The molecule has 0 radical (unpaired) electrons. The van der Waals surface area contributed by atoms with Crippen LogP contribution in [0.3, 0.4) is 0 Å². The minimum absolute atomic E-state index is 0.195. The van der Waals surface area contributed by atoms with Crippen LogP contribution in [-0.4, -0.2) is 20.9 Å². The van der Waals surface area contributed by atoms with E-state index in [0.29, 0.717) is 10.4 Å². The number of hydrogen-bond acceptors (Lipinski definition) is 3. The highest BCUT2D eigenvalue weighted by molar-refractivity contribution is 7.92. The van der Waals surface area contributed by atoms with Crippen LogP contribution < -0.4 is 10.0 Å². The quantitative estimate of drug-likeness (QED) is 0.849. The van der Waals surface area contributed by atoms with Gasteiger partial charge in [0.25, 0.3) is 10.0 Å². The van der Waals surface area contributed by atoms with Crippen LogP contribution in [0.2, 0.25) is 5.02 Å². The molecule has 2 N–H and O–H groups in total. The highest BCUT2D eigenvalue weighted by Gasteiger charge is 2.35. The minimum atomic E-state index is -4.79. The van der Waals surface area contributed by atoms with Crippen molar-refractivity contribution in [1.29, 1.82) is 0 Å². The first-order valence-corrected chi connectivity index (χ1v) is 8.58. The Kier molecular flexibility index (Phi) is 5.28. The number of rotatable bonds is 5. The summed E-state index contributed by atoms with van der Waals surface area (Å²) in [7, 11) is -4.30. The number of primary amides is 1. The van der Waals surface area contributed by atoms with Crippen molar-refractivity contribution in [2.45, 2.75) is 11.1 Å². The van der Waals surface area contributed by atoms with Crippen molar-refractivity contribution in [2.75, 3.05) is 10.8 Å². The van der Waals surface area contributed by atoms with Gasteiger partial charge >= 0.3 is 6.18 Å². The van der Waals surface area contributed by atoms with Crippen molar-refractivity contribution in [2.24, 2.45) is 5.73 Å². The van der Waals surface area contributed by atoms with Gasteiger partial charge in [0.1, 0.15) is 6.54 Å². The number of carbonyl (C=O) groups excluding carboxylic acids is 1. The molecule has 2 aromatic carbocycles. The van der Waals surface area contributed by atoms with Crippen molar-refractivity contribution in [1.82, 2.24) is 0 Å². The number of nitrogens with zero attached hydrogens (tertiary/aromatic N) is 1. The Morgan fingerprint density at radius 2 is 1.72 bits per heavy atom. The molecule has 0 saturated heterocycles. The van der Waals surface area contributed by atoms with Gasteiger partial charge in [-0.05, 0) is 30.3 Å². The molecule has 0 fully saturated rings. The zero-order chi connectivity index (χ0) is 18.8. The summed E-state index contributed by atoms with van der Waals surface area (Å²) in [6.07, 6.45) is -4.79. The molecule has 25 heavy (non-hydrogen) atoms. The monoisotopic (exact) mass is 392 g/mol. The first kappa shape index (κ1) is 19.1. The Labute approximate surface area is 146 Å². The molecular formula is C15H12ClF3N2O3S. The van der Waals surface area contributed by atoms with Crippen LogP contribution in [0.5, 0.6) is 0 Å². The van der Waals surface area contributed by atoms with Gasteiger partial charge in [-0.15, -0.1) is 0 Å². The molecule has 134 valence electrons. The highest BCUT2D eigenvalue weighted by Crippen LogP contribution is 2.37. The lowest BCUT2D eigenvalue weighted by Gasteiger charge is -2.24. The maximum Gasteiger partial charge on any atom is 0.417 e. The molecule has 0 heterocycles. The Bertz CT molecular complexity index is 887. The molecule has 0 aromatic heterocycles. The predicted octanol–water partition coefficient (Wildman–Crippen LogP) is 3.04. The van der Waals surface area contributed by atoms with Crippen molar-refractivity contribution in [3.8, 4) is 0 Å². The summed E-state index contributed by atoms with van der Waals surface area (Å²) in [6.45, 7) is -0.823. The van der Waals surface area contributed by atoms with Gasteiger partial charge in [-0.3, -0.25) is 9.10 Å². The molecule has 0 atom stereocenters. The van der Waals surface area contributed by atoms with E-state index in [1.54, 1.807) is 6.07 Å². The fraction of sp³-hybridized carbons (Fsp3) is 0.133. The zero-order valence-electron chi connectivity index (χ0n) is 12.5. The Balaban J connectivity index is 2.62. The van der Waals surface area contributed by atoms with Crippen molar-refractivity contribution >= 4 is 33.2 Å². The molecule has 0 aliphatic heterocycles. The molecule has 2 rings (SSSR count). The summed E-state index contributed by atoms with van der Waals surface area (Å²) in [4.78, 5) is 11.1. The van der Waals surface area contributed by atoms with Crippen molar-refractivity contribution < 1.29 is 26.4 Å². The van der Waals surface area contributed by atoms with Gasteiger partial charge in [0.05, 0.1) is 21.2 Å². The van der Waals surface area contributed by atoms with E-state index in [1.807, 2.05) is 0 Å². The average Bonchev–Trinajstić information content (AvgIpc) is 2.53. The second-order valence-corrected chi connectivity index (χ2v) is 7.22. The standard InChI is InChI=1S/C15H12ClF3N2O3S/c16-13-7-6-10(8-12(13)15(17,18)19)21(9-14(20)22)25(23,24)11-4-2-1-3-5-11/h1-8H,9H2,(H2,20,22). The molecule has 0 aliphatic rings. The Morgan fingerprint density at radius 3 is 2.24 bits per heavy atom. The number of amides is 1. The number of alkyl halides is 3. The topological polar surface area (TPSA) is 80.5 Å². The van der Waals surface area contributed by atoms with E-state index in [-0.39, 0.29) is 10.6 Å². The van der Waals surface area contributed by atoms with Gasteiger partial charge in [-0.25, -0.2) is 8.42 Å². The maximum absolute atomic E-state index is 13.0. The number of halogens is 4. The number of benzene rings is 2. The number of hydrogen-bond donors (Lipinski definition) is 1. The van der Waals surface area contributed by atoms with Crippen molar-refractivity contribution in [3.05, 3.63) is 59.1 Å². The fourth-order valence-corrected chi connectivity index (χ4v) is 3.73. The lowest BCUT2D eigenvalue weighted by molar-refractivity contribution is -0.137. The van der Waals surface area contributed by atoms with Crippen LogP contribution in [0.25, 0.3) is 0 Å². The summed E-state index contributed by atoms with van der Waals surface area (Å²) in [5.41, 5.74) is 3.47. The first-order valence-electron chi connectivity index (χ1n) is 6.76. The summed E-state index contributed by atoms with van der Waals surface area (Å²) < 4.78 is 65.0. The van der Waals surface area contributed by atoms with E-state index in [4.69, 9.17) is 17.3 Å². The molecular weight excluding hydrogens is 381 g/mol. The number of anilines is 1. The van der Waals surface area contributed by atoms with E-state index in [1.165, 1.54) is 24.3 Å². The lowest BCUT2D eigenvalue weighted by Crippen LogP contribution is -2.38. The van der Waals surface area contributed by atoms with Crippen LogP contribution in [0.15, 0.2) is 53.4 Å². The summed E-state index contributed by atoms with van der Waals surface area (Å²) in [5.74, 6) is -1.02. The maximum atomic E-state index is 13.0. The van der Waals surface area contributed by atoms with E-state index in [2.05, 4.69) is 0 Å². The summed E-state index contributed by atoms with van der Waals surface area (Å²) >= 11 is 5.54. The Morgan fingerprint density at radius 1 is 1.12 bits per heavy atom. The molecule has 0 saturated carbocycles. The molecule has 2 aromatic rings. The third-order valence-corrected chi connectivity index (χ3v) is 5.29. The van der Waals surface area contributed by atoms with Gasteiger partial charge in [-0.2, -0.15) is 13.2 Å². The number of nitrogens with two attached hydrogens (primary N) is 1. The van der Waals surface area contributed by atoms with Crippen LogP contribution in [0.4, 0.5) is 18.9 Å². The minimum Gasteiger partial charge on any atom is -0.368 e. The molecule has 0 spiro atoms. The molecule has 0 unspecified atom stereocenters. The molecule has 10 heteroatoms. The summed E-state index contributed by atoms with van der Waals surface area (Å²) in [5, 5.41) is -0.590. The van der Waals surface area contributed by atoms with E-state index >= 15 is 0 Å². The van der Waals surface area contributed by atoms with Gasteiger partial charge in [0, 0.05) is 0 Å². The Hall–Kier alpha value is -2.26. The van der Waals surface area contributed by atoms with E-state index < -0.39 is 39.2 Å². The van der Waals surface area contributed by atoms with E-state index in [0.717, 1.165) is 12.1 Å². The van der Waals surface area contributed by atoms with Crippen LogP contribution in [0.1, 0.15) is 5.56 Å². The third-order valence-electron chi connectivity index (χ3n) is 3.17. The number of sulfonamides is 1. The average molecular weight is 393 g/mol. The van der Waals surface area contributed by atoms with Gasteiger partial charge in [-0.1, -0.05) is 29.8 Å². The third kappa shape index (κ3) is 4.23. The predicted molar refractivity (Wildman–Crippen MR) is 86.6 cm³/mol. The SMILES string of the molecule is NC(=O)CN(c1ccc(Cl)c(C(F)(F)F)c1)S(=O)(=O)c1ccccc1. The largest absolute Gasteiger partial charge is 0.417 e. The normalized spacial score (nSPS) is 12.0. The molecule has 0 bridgehead atoms. The van der Waals surface area contributed by atoms with Gasteiger partial charge in [0.2, 0.25) is 5.91 Å². The van der Waals surface area contributed by atoms with Crippen LogP contribution >= 0.6 is 11.6 Å². The first-order chi connectivity index (χ1) is 11.5. The number of carbonyl (C=O) groups is 1. The molecule has 1 amide bonds. The zero-order valence-corrected chi connectivity index (χ0v) is 14.1.